The van der Waals surface area contributed by atoms with Crippen LogP contribution in [0.2, 0.25) is 0 Å². The van der Waals surface area contributed by atoms with Crippen LogP contribution < -0.4 is 11.1 Å². The fourth-order valence-corrected chi connectivity index (χ4v) is 0.838. The minimum absolute atomic E-state index is 0.0232. The summed E-state index contributed by atoms with van der Waals surface area (Å²) >= 11 is 0. The summed E-state index contributed by atoms with van der Waals surface area (Å²) in [5.74, 6) is -1.58. The van der Waals surface area contributed by atoms with Crippen LogP contribution in [0.5, 0.6) is 0 Å². The topological polar surface area (TPSA) is 113 Å². The molecule has 0 aliphatic carbocycles. The Labute approximate surface area is 75.7 Å². The maximum absolute atomic E-state index is 10.5. The largest absolute Gasteiger partial charge is 0.480 e. The van der Waals surface area contributed by atoms with E-state index in [2.05, 4.69) is 5.32 Å². The van der Waals surface area contributed by atoms with E-state index >= 15 is 0 Å². The average molecular weight is 190 g/mol. The molecule has 0 saturated heterocycles. The number of hydrogen-bond acceptors (Lipinski definition) is 4. The van der Waals surface area contributed by atoms with Crippen LogP contribution in [0.1, 0.15) is 12.8 Å². The summed E-state index contributed by atoms with van der Waals surface area (Å²) in [4.78, 5) is 20.9. The Hall–Kier alpha value is -1.14. The molecule has 0 spiro atoms. The molecule has 6 heteroatoms. The molecule has 0 aromatic rings. The standard InChI is InChI=1S/C7H14N2O4/c8-6(11)2-1-5(7(12)13)9-3-4-10/h5,9-10H,1-4H2,(H2,8,11)(H,12,13)/t5-/m1/s1. The summed E-state index contributed by atoms with van der Waals surface area (Å²) in [5, 5.41) is 19.6. The van der Waals surface area contributed by atoms with Crippen molar-refractivity contribution in [2.45, 2.75) is 18.9 Å². The first-order valence-electron chi connectivity index (χ1n) is 3.93. The Balaban J connectivity index is 3.80. The molecule has 0 unspecified atom stereocenters. The second kappa shape index (κ2) is 6.38. The van der Waals surface area contributed by atoms with E-state index in [1.165, 1.54) is 0 Å². The van der Waals surface area contributed by atoms with Gasteiger partial charge in [0.2, 0.25) is 5.91 Å². The van der Waals surface area contributed by atoms with E-state index in [-0.39, 0.29) is 26.0 Å². The molecule has 5 N–H and O–H groups in total. The minimum Gasteiger partial charge on any atom is -0.480 e. The van der Waals surface area contributed by atoms with Gasteiger partial charge in [0.25, 0.3) is 0 Å². The normalized spacial score (nSPS) is 12.4. The van der Waals surface area contributed by atoms with Crippen molar-refractivity contribution in [1.29, 1.82) is 0 Å². The number of rotatable bonds is 7. The quantitative estimate of drug-likeness (QED) is 0.381. The highest BCUT2D eigenvalue weighted by Gasteiger charge is 2.16. The lowest BCUT2D eigenvalue weighted by Gasteiger charge is -2.11. The molecule has 1 amide bonds. The van der Waals surface area contributed by atoms with Gasteiger partial charge in [0.05, 0.1) is 6.61 Å². The lowest BCUT2D eigenvalue weighted by molar-refractivity contribution is -0.139. The number of carboxylic acid groups (broad SMARTS) is 1. The fraction of sp³-hybridized carbons (Fsp3) is 0.714. The molecule has 0 radical (unpaired) electrons. The Morgan fingerprint density at radius 3 is 2.46 bits per heavy atom. The average Bonchev–Trinajstić information content (AvgIpc) is 2.03. The summed E-state index contributed by atoms with van der Waals surface area (Å²) in [7, 11) is 0. The van der Waals surface area contributed by atoms with Crippen LogP contribution in [0.25, 0.3) is 0 Å². The number of amides is 1. The van der Waals surface area contributed by atoms with E-state index in [9.17, 15) is 9.59 Å². The monoisotopic (exact) mass is 190 g/mol. The number of aliphatic hydroxyl groups is 1. The fourth-order valence-electron chi connectivity index (χ4n) is 0.838. The van der Waals surface area contributed by atoms with Gasteiger partial charge in [-0.3, -0.25) is 9.59 Å². The van der Waals surface area contributed by atoms with Crippen LogP contribution in [0.4, 0.5) is 0 Å². The van der Waals surface area contributed by atoms with Crippen LogP contribution in [0, 0.1) is 0 Å². The van der Waals surface area contributed by atoms with Crippen molar-refractivity contribution in [1.82, 2.24) is 5.32 Å². The van der Waals surface area contributed by atoms with E-state index in [1.54, 1.807) is 0 Å². The van der Waals surface area contributed by atoms with Crippen LogP contribution in [0.15, 0.2) is 0 Å². The van der Waals surface area contributed by atoms with Crippen molar-refractivity contribution >= 4 is 11.9 Å². The molecule has 0 saturated carbocycles. The predicted molar refractivity (Wildman–Crippen MR) is 44.9 cm³/mol. The zero-order valence-electron chi connectivity index (χ0n) is 7.19. The first-order chi connectivity index (χ1) is 6.07. The summed E-state index contributed by atoms with van der Waals surface area (Å²) in [6, 6.07) is -0.820. The molecule has 0 bridgehead atoms. The molecule has 0 aliphatic rings. The van der Waals surface area contributed by atoms with Gasteiger partial charge in [-0.25, -0.2) is 0 Å². The molecule has 0 aliphatic heterocycles. The maximum Gasteiger partial charge on any atom is 0.320 e. The SMILES string of the molecule is NC(=O)CC[C@@H](NCCO)C(=O)O. The second-order valence-electron chi connectivity index (χ2n) is 2.57. The molecular weight excluding hydrogens is 176 g/mol. The van der Waals surface area contributed by atoms with Gasteiger partial charge < -0.3 is 21.3 Å². The van der Waals surface area contributed by atoms with Gasteiger partial charge in [-0.1, -0.05) is 0 Å². The third-order valence-electron chi connectivity index (χ3n) is 1.48. The van der Waals surface area contributed by atoms with E-state index < -0.39 is 17.9 Å². The maximum atomic E-state index is 10.5. The summed E-state index contributed by atoms with van der Waals surface area (Å²) < 4.78 is 0. The number of aliphatic hydroxyl groups excluding tert-OH is 1. The molecule has 1 atom stereocenters. The molecule has 0 fully saturated rings. The van der Waals surface area contributed by atoms with Gasteiger partial charge in [-0.05, 0) is 6.42 Å². The predicted octanol–water partition coefficient (Wildman–Crippen LogP) is -1.71. The number of nitrogens with one attached hydrogen (secondary N) is 1. The van der Waals surface area contributed by atoms with Crippen LogP contribution >= 0.6 is 0 Å². The number of hydrogen-bond donors (Lipinski definition) is 4. The molecule has 0 heterocycles. The molecular formula is C7H14N2O4. The lowest BCUT2D eigenvalue weighted by atomic mass is 10.1. The number of primary amides is 1. The highest BCUT2D eigenvalue weighted by molar-refractivity contribution is 5.77. The van der Waals surface area contributed by atoms with Gasteiger partial charge >= 0.3 is 5.97 Å². The highest BCUT2D eigenvalue weighted by atomic mass is 16.4. The summed E-state index contributed by atoms with van der Waals surface area (Å²) in [6.45, 7) is 0.0517. The van der Waals surface area contributed by atoms with E-state index in [1.807, 2.05) is 0 Å². The molecule has 13 heavy (non-hydrogen) atoms. The smallest absolute Gasteiger partial charge is 0.320 e. The highest BCUT2D eigenvalue weighted by Crippen LogP contribution is 1.96. The van der Waals surface area contributed by atoms with Crippen LogP contribution in [0.3, 0.4) is 0 Å². The third kappa shape index (κ3) is 6.06. The zero-order valence-corrected chi connectivity index (χ0v) is 7.19. The summed E-state index contributed by atoms with van der Waals surface area (Å²) in [6.07, 6.45) is 0.167. The lowest BCUT2D eigenvalue weighted by Crippen LogP contribution is -2.39. The van der Waals surface area contributed by atoms with Crippen molar-refractivity contribution < 1.29 is 19.8 Å². The molecule has 0 rings (SSSR count). The molecule has 0 aromatic carbocycles. The molecule has 6 nitrogen and oxygen atoms in total. The molecule has 76 valence electrons. The van der Waals surface area contributed by atoms with E-state index in [4.69, 9.17) is 15.9 Å². The Morgan fingerprint density at radius 2 is 2.08 bits per heavy atom. The van der Waals surface area contributed by atoms with Gasteiger partial charge in [-0.15, -0.1) is 0 Å². The second-order valence-corrected chi connectivity index (χ2v) is 2.57. The number of aliphatic carboxylic acids is 1. The first-order valence-corrected chi connectivity index (χ1v) is 3.93. The number of nitrogens with two attached hydrogens (primary N) is 1. The van der Waals surface area contributed by atoms with E-state index in [0.717, 1.165) is 0 Å². The van der Waals surface area contributed by atoms with Gasteiger partial charge in [0.15, 0.2) is 0 Å². The van der Waals surface area contributed by atoms with Gasteiger partial charge in [0, 0.05) is 13.0 Å². The number of carbonyl (C=O) groups excluding carboxylic acids is 1. The van der Waals surface area contributed by atoms with Crippen molar-refractivity contribution in [2.24, 2.45) is 5.73 Å². The minimum atomic E-state index is -1.05. The molecule has 0 aromatic heterocycles. The van der Waals surface area contributed by atoms with Crippen LogP contribution in [-0.4, -0.2) is 41.3 Å². The van der Waals surface area contributed by atoms with Crippen molar-refractivity contribution in [3.05, 3.63) is 0 Å². The first kappa shape index (κ1) is 11.9. The number of carbonyl (C=O) groups is 2. The van der Waals surface area contributed by atoms with Crippen molar-refractivity contribution in [2.75, 3.05) is 13.2 Å². The van der Waals surface area contributed by atoms with Crippen LogP contribution in [-0.2, 0) is 9.59 Å². The Bertz CT molecular complexity index is 183. The van der Waals surface area contributed by atoms with Gasteiger partial charge in [-0.2, -0.15) is 0 Å². The van der Waals surface area contributed by atoms with Gasteiger partial charge in [0.1, 0.15) is 6.04 Å². The number of carboxylic acids is 1. The summed E-state index contributed by atoms with van der Waals surface area (Å²) in [5.41, 5.74) is 4.86. The third-order valence-corrected chi connectivity index (χ3v) is 1.48. The van der Waals surface area contributed by atoms with Crippen molar-refractivity contribution in [3.8, 4) is 0 Å². The van der Waals surface area contributed by atoms with Crippen molar-refractivity contribution in [3.63, 3.8) is 0 Å². The van der Waals surface area contributed by atoms with E-state index in [0.29, 0.717) is 0 Å². The Morgan fingerprint density at radius 1 is 1.46 bits per heavy atom. The zero-order chi connectivity index (χ0) is 10.3. The Kier molecular flexibility index (Phi) is 5.82.